The Morgan fingerprint density at radius 2 is 1.12 bits per heavy atom. The minimum Gasteiger partial charge on any atom is -0.481 e. The van der Waals surface area contributed by atoms with Crippen molar-refractivity contribution in [3.8, 4) is 0 Å². The van der Waals surface area contributed by atoms with Crippen LogP contribution in [0.25, 0.3) is 10.9 Å². The molecule has 22 nitrogen and oxygen atoms in total. The average molecular weight is 1110 g/mol. The summed E-state index contributed by atoms with van der Waals surface area (Å²) in [6.07, 6.45) is 2.72. The number of hydrogen-bond acceptors (Lipinski definition) is 11. The van der Waals surface area contributed by atoms with Crippen molar-refractivity contribution in [3.63, 3.8) is 0 Å². The first kappa shape index (κ1) is 61.1. The fourth-order valence-corrected chi connectivity index (χ4v) is 10.2. The van der Waals surface area contributed by atoms with Gasteiger partial charge in [0.1, 0.15) is 48.3 Å². The predicted octanol–water partition coefficient (Wildman–Crippen LogP) is 2.09. The summed E-state index contributed by atoms with van der Waals surface area (Å²) in [6, 6.07) is 14.1. The zero-order chi connectivity index (χ0) is 58.2. The molecule has 0 aliphatic carbocycles. The molecule has 80 heavy (non-hydrogen) atoms. The number of aliphatic carboxylic acids is 2. The molecular formula is C58H76N10O12. The number of carboxylic acid groups (broad SMARTS) is 2. The van der Waals surface area contributed by atoms with Gasteiger partial charge in [0.25, 0.3) is 0 Å². The molecule has 0 saturated carbocycles. The van der Waals surface area contributed by atoms with Crippen molar-refractivity contribution in [2.24, 2.45) is 17.6 Å². The van der Waals surface area contributed by atoms with E-state index in [1.165, 1.54) is 16.7 Å². The van der Waals surface area contributed by atoms with Crippen LogP contribution in [0.2, 0.25) is 0 Å². The smallest absolute Gasteiger partial charge is 0.325 e. The minimum absolute atomic E-state index is 0.00127. The number of nitrogens with zero attached hydrogens (tertiary/aromatic N) is 2. The second kappa shape index (κ2) is 28.7. The van der Waals surface area contributed by atoms with E-state index in [4.69, 9.17) is 5.73 Å². The maximum Gasteiger partial charge on any atom is 0.325 e. The van der Waals surface area contributed by atoms with Crippen molar-refractivity contribution in [2.45, 2.75) is 153 Å². The molecule has 2 aliphatic heterocycles. The number of carbonyl (C=O) groups excluding carboxylic acids is 8. The third-order valence-corrected chi connectivity index (χ3v) is 14.8. The number of nitrogens with one attached hydrogen (secondary N) is 7. The lowest BCUT2D eigenvalue weighted by atomic mass is 9.96. The number of aromatic amines is 1. The standard InChI is InChI=1S/C58H76N10O12/c1-6-34(4)49(55(76)64-42(27-33(2)3)50(71)65-45(29-37-19-11-8-12-20-37)57(78)68-26-16-23-46(68)53(74)61-35(5)58(79)80)66-52(73)44(31-48(69)70)62-51(72)43(30-38-32-60-41-22-14-13-21-39(38)41)63-54(75)47-24-15-25-67(47)56(77)40(59)28-36-17-9-7-10-18-36/h7-14,17-22,32-35,40,42-47,49,60H,6,15-16,23-31,59H2,1-5H3,(H,61,74)(H,62,72)(H,63,75)(H,64,76)(H,65,71)(H,66,73)(H,69,70)(H,79,80)/t34-,35-,40-,42-,43-,44-,45-,46-,47-,49-/m0/s1. The Labute approximate surface area is 465 Å². The molecule has 0 unspecified atom stereocenters. The third kappa shape index (κ3) is 16.5. The molecule has 4 aromatic rings. The summed E-state index contributed by atoms with van der Waals surface area (Å²) in [5, 5.41) is 36.2. The van der Waals surface area contributed by atoms with Crippen LogP contribution in [0.15, 0.2) is 91.1 Å². The van der Waals surface area contributed by atoms with Gasteiger partial charge in [0.05, 0.1) is 12.5 Å². The fraction of sp³-hybridized carbons (Fsp3) is 0.483. The number of nitrogens with two attached hydrogens (primary N) is 1. The van der Waals surface area contributed by atoms with E-state index in [-0.39, 0.29) is 57.5 Å². The van der Waals surface area contributed by atoms with E-state index >= 15 is 0 Å². The number of benzene rings is 3. The number of aromatic nitrogens is 1. The first-order chi connectivity index (χ1) is 38.1. The van der Waals surface area contributed by atoms with Gasteiger partial charge in [-0.15, -0.1) is 0 Å². The SMILES string of the molecule is CC[C@H](C)[C@H](NC(=O)[C@H](CC(=O)O)NC(=O)[C@H](Cc1c[nH]c2ccccc12)NC(=O)[C@@H]1CCCN1C(=O)[C@@H](N)Cc1ccccc1)C(=O)N[C@@H](CC(C)C)C(=O)N[C@@H](Cc1ccccc1)C(=O)N1CCC[C@H]1C(=O)N[C@@H](C)C(=O)O. The first-order valence-corrected chi connectivity index (χ1v) is 27.4. The Hall–Kier alpha value is -8.14. The van der Waals surface area contributed by atoms with E-state index in [9.17, 15) is 58.2 Å². The van der Waals surface area contributed by atoms with Crippen LogP contribution in [0.5, 0.6) is 0 Å². The van der Waals surface area contributed by atoms with Crippen LogP contribution < -0.4 is 37.6 Å². The predicted molar refractivity (Wildman–Crippen MR) is 296 cm³/mol. The van der Waals surface area contributed by atoms with E-state index < -0.39 is 126 Å². The molecule has 11 N–H and O–H groups in total. The van der Waals surface area contributed by atoms with Gasteiger partial charge in [-0.2, -0.15) is 0 Å². The summed E-state index contributed by atoms with van der Waals surface area (Å²) < 4.78 is 0. The normalized spacial score (nSPS) is 18.1. The number of rotatable bonds is 27. The quantitative estimate of drug-likeness (QED) is 0.0410. The van der Waals surface area contributed by atoms with E-state index in [1.807, 2.05) is 62.4 Å². The Kier molecular flexibility index (Phi) is 21.9. The summed E-state index contributed by atoms with van der Waals surface area (Å²) >= 11 is 0. The maximum atomic E-state index is 14.6. The molecule has 2 saturated heterocycles. The van der Waals surface area contributed by atoms with Gasteiger partial charge in [0.15, 0.2) is 0 Å². The van der Waals surface area contributed by atoms with Gasteiger partial charge in [0.2, 0.25) is 47.3 Å². The van der Waals surface area contributed by atoms with Crippen molar-refractivity contribution in [1.82, 2.24) is 46.7 Å². The molecular weight excluding hydrogens is 1030 g/mol. The summed E-state index contributed by atoms with van der Waals surface area (Å²) in [5.41, 5.74) is 9.26. The van der Waals surface area contributed by atoms with Crippen molar-refractivity contribution in [2.75, 3.05) is 13.1 Å². The molecule has 3 aromatic carbocycles. The van der Waals surface area contributed by atoms with Gasteiger partial charge < -0.3 is 62.6 Å². The highest BCUT2D eigenvalue weighted by Crippen LogP contribution is 2.24. The third-order valence-electron chi connectivity index (χ3n) is 14.8. The Balaban J connectivity index is 1.20. The lowest BCUT2D eigenvalue weighted by Crippen LogP contribution is -2.61. The maximum absolute atomic E-state index is 14.6. The van der Waals surface area contributed by atoms with Gasteiger partial charge in [-0.05, 0) is 80.0 Å². The Morgan fingerprint density at radius 1 is 0.600 bits per heavy atom. The molecule has 8 amide bonds. The van der Waals surface area contributed by atoms with Gasteiger partial charge in [-0.1, -0.05) is 113 Å². The van der Waals surface area contributed by atoms with Gasteiger partial charge in [0, 0.05) is 43.0 Å². The number of likely N-dealkylation sites (tertiary alicyclic amines) is 2. The van der Waals surface area contributed by atoms with Crippen molar-refractivity contribution < 1.29 is 58.2 Å². The highest BCUT2D eigenvalue weighted by molar-refractivity contribution is 5.99. The van der Waals surface area contributed by atoms with E-state index in [1.54, 1.807) is 56.4 Å². The Morgan fingerprint density at radius 3 is 1.71 bits per heavy atom. The van der Waals surface area contributed by atoms with E-state index in [0.717, 1.165) is 16.5 Å². The lowest BCUT2D eigenvalue weighted by Gasteiger charge is -2.31. The van der Waals surface area contributed by atoms with Crippen molar-refractivity contribution in [1.29, 1.82) is 0 Å². The second-order valence-corrected chi connectivity index (χ2v) is 21.3. The zero-order valence-corrected chi connectivity index (χ0v) is 45.9. The molecule has 3 heterocycles. The minimum atomic E-state index is -1.79. The van der Waals surface area contributed by atoms with Gasteiger partial charge >= 0.3 is 11.9 Å². The number of para-hydroxylation sites is 1. The number of carboxylic acids is 2. The fourth-order valence-electron chi connectivity index (χ4n) is 10.2. The van der Waals surface area contributed by atoms with E-state index in [2.05, 4.69) is 36.9 Å². The molecule has 430 valence electrons. The number of fused-ring (bicyclic) bond motifs is 1. The Bertz CT molecular complexity index is 2850. The first-order valence-electron chi connectivity index (χ1n) is 27.4. The summed E-state index contributed by atoms with van der Waals surface area (Å²) in [6.45, 7) is 8.78. The van der Waals surface area contributed by atoms with Gasteiger partial charge in [-0.3, -0.25) is 47.9 Å². The number of carbonyl (C=O) groups is 10. The summed E-state index contributed by atoms with van der Waals surface area (Å²) in [5.74, 6) is -9.39. The molecule has 2 fully saturated rings. The molecule has 0 bridgehead atoms. The highest BCUT2D eigenvalue weighted by atomic mass is 16.4. The molecule has 0 spiro atoms. The molecule has 22 heteroatoms. The van der Waals surface area contributed by atoms with E-state index in [0.29, 0.717) is 30.4 Å². The van der Waals surface area contributed by atoms with Crippen LogP contribution in [0.4, 0.5) is 0 Å². The average Bonchev–Trinajstić information content (AvgIpc) is 4.23. The molecule has 1 aromatic heterocycles. The number of H-pyrrole nitrogens is 1. The molecule has 6 rings (SSSR count). The second-order valence-electron chi connectivity index (χ2n) is 21.3. The van der Waals surface area contributed by atoms with Crippen molar-refractivity contribution in [3.05, 3.63) is 108 Å². The van der Waals surface area contributed by atoms with Crippen LogP contribution in [-0.4, -0.2) is 152 Å². The number of hydrogen-bond donors (Lipinski definition) is 10. The summed E-state index contributed by atoms with van der Waals surface area (Å²) in [7, 11) is 0. The largest absolute Gasteiger partial charge is 0.481 e. The monoisotopic (exact) mass is 1100 g/mol. The van der Waals surface area contributed by atoms with Crippen LogP contribution in [-0.2, 0) is 67.2 Å². The zero-order valence-electron chi connectivity index (χ0n) is 45.9. The molecule has 0 radical (unpaired) electrons. The number of amides is 8. The van der Waals surface area contributed by atoms with Crippen LogP contribution in [0.3, 0.4) is 0 Å². The molecule has 2 aliphatic rings. The summed E-state index contributed by atoms with van der Waals surface area (Å²) in [4.78, 5) is 144. The molecule has 10 atom stereocenters. The van der Waals surface area contributed by atoms with Crippen LogP contribution >= 0.6 is 0 Å². The van der Waals surface area contributed by atoms with Crippen LogP contribution in [0, 0.1) is 11.8 Å². The van der Waals surface area contributed by atoms with Crippen molar-refractivity contribution >= 4 is 70.1 Å². The lowest BCUT2D eigenvalue weighted by molar-refractivity contribution is -0.144. The van der Waals surface area contributed by atoms with Crippen LogP contribution in [0.1, 0.15) is 96.3 Å². The topological polar surface area (TPSA) is 332 Å². The highest BCUT2D eigenvalue weighted by Gasteiger charge is 2.42. The van der Waals surface area contributed by atoms with Gasteiger partial charge in [-0.25, -0.2) is 0 Å².